The Morgan fingerprint density at radius 3 is 2.53 bits per heavy atom. The molecule has 0 aliphatic heterocycles. The highest BCUT2D eigenvalue weighted by Crippen LogP contribution is 2.39. The Hall–Kier alpha value is -0.480. The molecular weight excluding hydrogens is 254 g/mol. The molecule has 0 amide bonds. The molecule has 1 fully saturated rings. The van der Waals surface area contributed by atoms with Gasteiger partial charge in [-0.05, 0) is 56.1 Å². The highest BCUT2D eigenvalue weighted by Gasteiger charge is 2.29. The van der Waals surface area contributed by atoms with E-state index >= 15 is 0 Å². The van der Waals surface area contributed by atoms with Gasteiger partial charge in [-0.3, -0.25) is 0 Å². The van der Waals surface area contributed by atoms with Gasteiger partial charge in [-0.15, -0.1) is 5.10 Å². The molecule has 2 rings (SSSR count). The van der Waals surface area contributed by atoms with Crippen molar-refractivity contribution in [3.63, 3.8) is 0 Å². The van der Waals surface area contributed by atoms with E-state index in [1.807, 2.05) is 0 Å². The standard InChI is InChI=1S/C15H27N3S/c1-4-10-16-14(15-11(3)17-18-19-15)13-8-6-12(5-2)7-9-13/h12-14,16H,4-10H2,1-3H3. The van der Waals surface area contributed by atoms with E-state index in [0.717, 1.165) is 24.1 Å². The maximum atomic E-state index is 4.20. The Morgan fingerprint density at radius 2 is 2.00 bits per heavy atom. The molecule has 1 aliphatic rings. The van der Waals surface area contributed by atoms with Crippen molar-refractivity contribution in [2.45, 2.75) is 65.3 Å². The van der Waals surface area contributed by atoms with E-state index in [-0.39, 0.29) is 0 Å². The monoisotopic (exact) mass is 281 g/mol. The van der Waals surface area contributed by atoms with Crippen LogP contribution in [0.2, 0.25) is 0 Å². The number of rotatable bonds is 6. The molecule has 1 unspecified atom stereocenters. The van der Waals surface area contributed by atoms with Crippen molar-refractivity contribution in [3.8, 4) is 0 Å². The molecule has 1 heterocycles. The van der Waals surface area contributed by atoms with Gasteiger partial charge in [-0.25, -0.2) is 0 Å². The lowest BCUT2D eigenvalue weighted by Gasteiger charge is -2.33. The zero-order valence-electron chi connectivity index (χ0n) is 12.5. The van der Waals surface area contributed by atoms with Crippen LogP contribution in [0.15, 0.2) is 0 Å². The molecule has 1 aromatic rings. The molecule has 1 aliphatic carbocycles. The fourth-order valence-corrected chi connectivity index (χ4v) is 4.04. The second kappa shape index (κ2) is 7.34. The van der Waals surface area contributed by atoms with Gasteiger partial charge in [0.25, 0.3) is 0 Å². The number of aromatic nitrogens is 2. The van der Waals surface area contributed by atoms with Crippen molar-refractivity contribution in [1.82, 2.24) is 14.9 Å². The van der Waals surface area contributed by atoms with E-state index in [4.69, 9.17) is 0 Å². The van der Waals surface area contributed by atoms with E-state index in [1.54, 1.807) is 11.5 Å². The summed E-state index contributed by atoms with van der Waals surface area (Å²) in [5, 5.41) is 7.95. The molecule has 1 saturated carbocycles. The van der Waals surface area contributed by atoms with Crippen LogP contribution in [-0.4, -0.2) is 16.1 Å². The summed E-state index contributed by atoms with van der Waals surface area (Å²) in [7, 11) is 0. The zero-order valence-corrected chi connectivity index (χ0v) is 13.3. The quantitative estimate of drug-likeness (QED) is 0.853. The van der Waals surface area contributed by atoms with Crippen LogP contribution in [0.25, 0.3) is 0 Å². The van der Waals surface area contributed by atoms with E-state index in [2.05, 4.69) is 35.7 Å². The second-order valence-electron chi connectivity index (χ2n) is 5.84. The first-order valence-corrected chi connectivity index (χ1v) is 8.55. The van der Waals surface area contributed by atoms with Gasteiger partial charge in [0.2, 0.25) is 0 Å². The van der Waals surface area contributed by atoms with Gasteiger partial charge in [0.05, 0.1) is 10.6 Å². The van der Waals surface area contributed by atoms with Crippen LogP contribution in [0.4, 0.5) is 0 Å². The van der Waals surface area contributed by atoms with Crippen LogP contribution in [0, 0.1) is 18.8 Å². The van der Waals surface area contributed by atoms with Gasteiger partial charge >= 0.3 is 0 Å². The van der Waals surface area contributed by atoms with Crippen molar-refractivity contribution < 1.29 is 0 Å². The molecule has 0 aromatic carbocycles. The van der Waals surface area contributed by atoms with Crippen molar-refractivity contribution >= 4 is 11.5 Å². The Morgan fingerprint density at radius 1 is 1.26 bits per heavy atom. The minimum atomic E-state index is 0.484. The third-order valence-corrected chi connectivity index (χ3v) is 5.43. The summed E-state index contributed by atoms with van der Waals surface area (Å²) in [6.45, 7) is 7.75. The zero-order chi connectivity index (χ0) is 13.7. The molecule has 108 valence electrons. The van der Waals surface area contributed by atoms with Gasteiger partial charge in [0.15, 0.2) is 0 Å². The summed E-state index contributed by atoms with van der Waals surface area (Å²) < 4.78 is 4.13. The van der Waals surface area contributed by atoms with Gasteiger partial charge in [0.1, 0.15) is 0 Å². The number of aryl methyl sites for hydroxylation is 1. The van der Waals surface area contributed by atoms with Gasteiger partial charge < -0.3 is 5.32 Å². The number of nitrogens with zero attached hydrogens (tertiary/aromatic N) is 2. The fraction of sp³-hybridized carbons (Fsp3) is 0.867. The van der Waals surface area contributed by atoms with Gasteiger partial charge in [-0.1, -0.05) is 37.6 Å². The Balaban J connectivity index is 2.04. The van der Waals surface area contributed by atoms with Crippen molar-refractivity contribution in [2.75, 3.05) is 6.54 Å². The summed E-state index contributed by atoms with van der Waals surface area (Å²) in [4.78, 5) is 1.37. The average molecular weight is 281 g/mol. The normalized spacial score (nSPS) is 25.4. The SMILES string of the molecule is CCCNC(c1snnc1C)C1CCC(CC)CC1. The molecule has 1 aromatic heterocycles. The minimum Gasteiger partial charge on any atom is -0.309 e. The summed E-state index contributed by atoms with van der Waals surface area (Å²) in [6, 6.07) is 0.484. The predicted octanol–water partition coefficient (Wildman–Crippen LogP) is 4.10. The van der Waals surface area contributed by atoms with Gasteiger partial charge in [-0.2, -0.15) is 0 Å². The van der Waals surface area contributed by atoms with E-state index in [9.17, 15) is 0 Å². The molecule has 0 radical (unpaired) electrons. The lowest BCUT2D eigenvalue weighted by atomic mass is 9.77. The van der Waals surface area contributed by atoms with E-state index in [0.29, 0.717) is 6.04 Å². The van der Waals surface area contributed by atoms with Crippen LogP contribution in [0.3, 0.4) is 0 Å². The van der Waals surface area contributed by atoms with E-state index in [1.165, 1.54) is 43.4 Å². The van der Waals surface area contributed by atoms with Crippen LogP contribution in [0.1, 0.15) is 69.0 Å². The molecule has 0 saturated heterocycles. The molecule has 0 spiro atoms. The summed E-state index contributed by atoms with van der Waals surface area (Å²) in [5.41, 5.74) is 1.12. The molecule has 0 bridgehead atoms. The number of hydrogen-bond acceptors (Lipinski definition) is 4. The highest BCUT2D eigenvalue weighted by molar-refractivity contribution is 7.05. The van der Waals surface area contributed by atoms with Crippen LogP contribution >= 0.6 is 11.5 Å². The third-order valence-electron chi connectivity index (χ3n) is 4.52. The van der Waals surface area contributed by atoms with Crippen molar-refractivity contribution in [1.29, 1.82) is 0 Å². The molecule has 1 N–H and O–H groups in total. The van der Waals surface area contributed by atoms with Crippen LogP contribution < -0.4 is 5.32 Å². The molecule has 4 heteroatoms. The number of nitrogens with one attached hydrogen (secondary N) is 1. The lowest BCUT2D eigenvalue weighted by Crippen LogP contribution is -2.31. The predicted molar refractivity (Wildman–Crippen MR) is 81.4 cm³/mol. The Bertz CT molecular complexity index is 369. The maximum absolute atomic E-state index is 4.20. The lowest BCUT2D eigenvalue weighted by molar-refractivity contribution is 0.220. The Labute approximate surface area is 121 Å². The highest BCUT2D eigenvalue weighted by atomic mass is 32.1. The third kappa shape index (κ3) is 3.76. The topological polar surface area (TPSA) is 37.8 Å². The first-order valence-electron chi connectivity index (χ1n) is 7.78. The summed E-state index contributed by atoms with van der Waals surface area (Å²) in [5.74, 6) is 1.74. The minimum absolute atomic E-state index is 0.484. The molecule has 3 nitrogen and oxygen atoms in total. The summed E-state index contributed by atoms with van der Waals surface area (Å²) in [6.07, 6.45) is 8.05. The summed E-state index contributed by atoms with van der Waals surface area (Å²) >= 11 is 1.58. The largest absolute Gasteiger partial charge is 0.309 e. The van der Waals surface area contributed by atoms with E-state index < -0.39 is 0 Å². The van der Waals surface area contributed by atoms with Crippen molar-refractivity contribution in [3.05, 3.63) is 10.6 Å². The second-order valence-corrected chi connectivity index (χ2v) is 6.63. The first kappa shape index (κ1) is 14.9. The van der Waals surface area contributed by atoms with Crippen LogP contribution in [0.5, 0.6) is 0 Å². The first-order chi connectivity index (χ1) is 9.26. The fourth-order valence-electron chi connectivity index (χ4n) is 3.23. The van der Waals surface area contributed by atoms with Crippen molar-refractivity contribution in [2.24, 2.45) is 11.8 Å². The molecule has 19 heavy (non-hydrogen) atoms. The molecule has 1 atom stereocenters. The number of hydrogen-bond donors (Lipinski definition) is 1. The molecular formula is C15H27N3S. The Kier molecular flexibility index (Phi) is 5.76. The smallest absolute Gasteiger partial charge is 0.0772 e. The average Bonchev–Trinajstić information content (AvgIpc) is 2.86. The van der Waals surface area contributed by atoms with Gasteiger partial charge in [0, 0.05) is 6.04 Å². The maximum Gasteiger partial charge on any atom is 0.0772 e. The van der Waals surface area contributed by atoms with Crippen LogP contribution in [-0.2, 0) is 0 Å².